The topological polar surface area (TPSA) is 33.1 Å². The highest BCUT2D eigenvalue weighted by Crippen LogP contribution is 2.26. The van der Waals surface area contributed by atoms with Crippen molar-refractivity contribution in [2.75, 3.05) is 19.6 Å². The first kappa shape index (κ1) is 16.5. The molecule has 1 saturated heterocycles. The summed E-state index contributed by atoms with van der Waals surface area (Å²) in [5.41, 5.74) is 1.50. The van der Waals surface area contributed by atoms with Crippen LogP contribution in [0.3, 0.4) is 0 Å². The summed E-state index contributed by atoms with van der Waals surface area (Å²) in [5, 5.41) is 8.35. The summed E-state index contributed by atoms with van der Waals surface area (Å²) in [6, 6.07) is 3.31. The van der Waals surface area contributed by atoms with E-state index in [0.717, 1.165) is 39.0 Å². The van der Waals surface area contributed by atoms with Crippen LogP contribution in [0.25, 0.3) is 0 Å². The minimum atomic E-state index is 0.297. The minimum absolute atomic E-state index is 0.297. The third-order valence-corrected chi connectivity index (χ3v) is 4.70. The van der Waals surface area contributed by atoms with Crippen LogP contribution >= 0.6 is 0 Å². The van der Waals surface area contributed by atoms with E-state index in [2.05, 4.69) is 61.8 Å². The van der Waals surface area contributed by atoms with Gasteiger partial charge in [0.25, 0.3) is 0 Å². The highest BCUT2D eigenvalue weighted by atomic mass is 15.3. The van der Waals surface area contributed by atoms with Crippen LogP contribution in [0.15, 0.2) is 12.3 Å². The van der Waals surface area contributed by atoms with Crippen molar-refractivity contribution in [1.29, 1.82) is 0 Å². The van der Waals surface area contributed by atoms with Gasteiger partial charge in [-0.3, -0.25) is 9.58 Å². The van der Waals surface area contributed by atoms with Gasteiger partial charge in [0.05, 0.1) is 11.7 Å². The van der Waals surface area contributed by atoms with Crippen LogP contribution in [-0.4, -0.2) is 40.4 Å². The molecule has 0 amide bonds. The van der Waals surface area contributed by atoms with Gasteiger partial charge in [-0.2, -0.15) is 5.10 Å². The van der Waals surface area contributed by atoms with Crippen molar-refractivity contribution < 1.29 is 0 Å². The summed E-state index contributed by atoms with van der Waals surface area (Å²) in [7, 11) is 0. The molecular formula is C17H32N4. The Labute approximate surface area is 129 Å². The standard InChI is InChI=1S/C17H32N4/c1-6-15(7-2)21-10-8-14(19-21)13-20-11-9-18-12-16(20)17(3,4)5/h8,10,15-16,18H,6-7,9,11-13H2,1-5H3. The predicted octanol–water partition coefficient (Wildman–Crippen LogP) is 3.06. The third kappa shape index (κ3) is 4.07. The van der Waals surface area contributed by atoms with Crippen molar-refractivity contribution in [3.8, 4) is 0 Å². The highest BCUT2D eigenvalue weighted by Gasteiger charge is 2.32. The molecule has 0 aliphatic carbocycles. The van der Waals surface area contributed by atoms with Crippen LogP contribution in [0.4, 0.5) is 0 Å². The molecule has 2 rings (SSSR count). The zero-order chi connectivity index (χ0) is 15.5. The van der Waals surface area contributed by atoms with E-state index in [-0.39, 0.29) is 0 Å². The summed E-state index contributed by atoms with van der Waals surface area (Å²) < 4.78 is 2.16. The van der Waals surface area contributed by atoms with Crippen LogP contribution in [0, 0.1) is 5.41 Å². The van der Waals surface area contributed by atoms with E-state index in [1.54, 1.807) is 0 Å². The van der Waals surface area contributed by atoms with Gasteiger partial charge < -0.3 is 5.32 Å². The van der Waals surface area contributed by atoms with Crippen LogP contribution in [0.1, 0.15) is 59.2 Å². The van der Waals surface area contributed by atoms with Crippen LogP contribution in [0.2, 0.25) is 0 Å². The van der Waals surface area contributed by atoms with Crippen molar-refractivity contribution in [1.82, 2.24) is 20.0 Å². The molecule has 4 nitrogen and oxygen atoms in total. The van der Waals surface area contributed by atoms with E-state index in [4.69, 9.17) is 5.10 Å². The van der Waals surface area contributed by atoms with Gasteiger partial charge in [-0.15, -0.1) is 0 Å². The first-order valence-corrected chi connectivity index (χ1v) is 8.44. The van der Waals surface area contributed by atoms with E-state index < -0.39 is 0 Å². The van der Waals surface area contributed by atoms with Gasteiger partial charge in [-0.25, -0.2) is 0 Å². The van der Waals surface area contributed by atoms with Crippen LogP contribution in [-0.2, 0) is 6.54 Å². The van der Waals surface area contributed by atoms with Crippen molar-refractivity contribution >= 4 is 0 Å². The van der Waals surface area contributed by atoms with Gasteiger partial charge in [-0.1, -0.05) is 34.6 Å². The molecule has 0 spiro atoms. The predicted molar refractivity (Wildman–Crippen MR) is 88.4 cm³/mol. The van der Waals surface area contributed by atoms with Crippen molar-refractivity contribution in [3.05, 3.63) is 18.0 Å². The lowest BCUT2D eigenvalue weighted by atomic mass is 9.84. The molecule has 1 aromatic heterocycles. The molecular weight excluding hydrogens is 260 g/mol. The molecule has 2 heterocycles. The van der Waals surface area contributed by atoms with E-state index in [1.165, 1.54) is 5.69 Å². The maximum Gasteiger partial charge on any atom is 0.0765 e. The molecule has 1 N–H and O–H groups in total. The maximum absolute atomic E-state index is 4.82. The molecule has 1 fully saturated rings. The quantitative estimate of drug-likeness (QED) is 0.905. The van der Waals surface area contributed by atoms with E-state index in [1.807, 2.05) is 0 Å². The second kappa shape index (κ2) is 6.93. The molecule has 4 heteroatoms. The second-order valence-corrected chi connectivity index (χ2v) is 7.31. The lowest BCUT2D eigenvalue weighted by molar-refractivity contribution is 0.0676. The van der Waals surface area contributed by atoms with Gasteiger partial charge in [-0.05, 0) is 24.3 Å². The first-order chi connectivity index (χ1) is 9.95. The molecule has 1 unspecified atom stereocenters. The second-order valence-electron chi connectivity index (χ2n) is 7.31. The van der Waals surface area contributed by atoms with Gasteiger partial charge in [0.2, 0.25) is 0 Å². The summed E-state index contributed by atoms with van der Waals surface area (Å²) in [6.07, 6.45) is 4.45. The largest absolute Gasteiger partial charge is 0.314 e. The van der Waals surface area contributed by atoms with E-state index in [0.29, 0.717) is 17.5 Å². The van der Waals surface area contributed by atoms with Crippen molar-refractivity contribution in [3.63, 3.8) is 0 Å². The Bertz CT molecular complexity index is 428. The van der Waals surface area contributed by atoms with E-state index in [9.17, 15) is 0 Å². The number of hydrogen-bond acceptors (Lipinski definition) is 3. The zero-order valence-electron chi connectivity index (χ0n) is 14.4. The zero-order valence-corrected chi connectivity index (χ0v) is 14.4. The summed E-state index contributed by atoms with van der Waals surface area (Å²) >= 11 is 0. The highest BCUT2D eigenvalue weighted by molar-refractivity contribution is 5.02. The van der Waals surface area contributed by atoms with Crippen molar-refractivity contribution in [2.24, 2.45) is 5.41 Å². The van der Waals surface area contributed by atoms with Crippen LogP contribution in [0.5, 0.6) is 0 Å². The normalized spacial score (nSPS) is 21.1. The molecule has 120 valence electrons. The first-order valence-electron chi connectivity index (χ1n) is 8.44. The SMILES string of the molecule is CCC(CC)n1ccc(CN2CCNCC2C(C)(C)C)n1. The van der Waals surface area contributed by atoms with Gasteiger partial charge in [0, 0.05) is 38.4 Å². The number of piperazine rings is 1. The molecule has 0 radical (unpaired) electrons. The Morgan fingerprint density at radius 2 is 2.05 bits per heavy atom. The molecule has 0 aromatic carbocycles. The number of aromatic nitrogens is 2. The maximum atomic E-state index is 4.82. The molecule has 1 aromatic rings. The van der Waals surface area contributed by atoms with E-state index >= 15 is 0 Å². The molecule has 0 bridgehead atoms. The number of nitrogens with zero attached hydrogens (tertiary/aromatic N) is 3. The smallest absolute Gasteiger partial charge is 0.0765 e. The Kier molecular flexibility index (Phi) is 5.44. The monoisotopic (exact) mass is 292 g/mol. The Balaban J connectivity index is 2.06. The lowest BCUT2D eigenvalue weighted by Gasteiger charge is -2.43. The molecule has 1 aliphatic rings. The Hall–Kier alpha value is -0.870. The minimum Gasteiger partial charge on any atom is -0.314 e. The average Bonchev–Trinajstić information content (AvgIpc) is 2.88. The fourth-order valence-electron chi connectivity index (χ4n) is 3.33. The number of rotatable bonds is 5. The fourth-order valence-corrected chi connectivity index (χ4v) is 3.33. The molecule has 1 aliphatic heterocycles. The summed E-state index contributed by atoms with van der Waals surface area (Å²) in [6.45, 7) is 15.7. The van der Waals surface area contributed by atoms with Crippen LogP contribution < -0.4 is 5.32 Å². The molecule has 21 heavy (non-hydrogen) atoms. The van der Waals surface area contributed by atoms with Gasteiger partial charge in [0.1, 0.15) is 0 Å². The van der Waals surface area contributed by atoms with Gasteiger partial charge >= 0.3 is 0 Å². The lowest BCUT2D eigenvalue weighted by Crippen LogP contribution is -2.56. The number of hydrogen-bond donors (Lipinski definition) is 1. The summed E-state index contributed by atoms with van der Waals surface area (Å²) in [5.74, 6) is 0. The number of nitrogens with one attached hydrogen (secondary N) is 1. The molecule has 1 atom stereocenters. The fraction of sp³-hybridized carbons (Fsp3) is 0.824. The molecule has 0 saturated carbocycles. The summed E-state index contributed by atoms with van der Waals surface area (Å²) in [4.78, 5) is 2.59. The Morgan fingerprint density at radius 1 is 1.33 bits per heavy atom. The van der Waals surface area contributed by atoms with Crippen molar-refractivity contribution in [2.45, 2.75) is 66.1 Å². The Morgan fingerprint density at radius 3 is 2.67 bits per heavy atom. The average molecular weight is 292 g/mol. The third-order valence-electron chi connectivity index (χ3n) is 4.70. The van der Waals surface area contributed by atoms with Gasteiger partial charge in [0.15, 0.2) is 0 Å².